The summed E-state index contributed by atoms with van der Waals surface area (Å²) in [5.41, 5.74) is 7.02. The molecule has 0 aromatic heterocycles. The number of nitrogens with one attached hydrogen (secondary N) is 1. The fraction of sp³-hybridized carbons (Fsp3) is 0.500. The van der Waals surface area contributed by atoms with E-state index in [0.29, 0.717) is 23.4 Å². The topological polar surface area (TPSA) is 71.0 Å². The summed E-state index contributed by atoms with van der Waals surface area (Å²) in [6, 6.07) is 25.4. The van der Waals surface area contributed by atoms with E-state index in [1.165, 1.54) is 19.3 Å². The number of fused-ring (bicyclic) bond motifs is 2. The molecule has 1 aliphatic carbocycles. The zero-order valence-corrected chi connectivity index (χ0v) is 26.9. The highest BCUT2D eigenvalue weighted by Gasteiger charge is 2.51. The zero-order valence-electron chi connectivity index (χ0n) is 26.9. The van der Waals surface area contributed by atoms with Gasteiger partial charge in [0.25, 0.3) is 0 Å². The van der Waals surface area contributed by atoms with Crippen molar-refractivity contribution in [2.75, 3.05) is 13.1 Å². The van der Waals surface area contributed by atoms with Crippen molar-refractivity contribution in [3.8, 4) is 11.1 Å². The quantitative estimate of drug-likeness (QED) is 0.288. The van der Waals surface area contributed by atoms with Gasteiger partial charge in [-0.2, -0.15) is 0 Å². The molecule has 6 heteroatoms. The average Bonchev–Trinajstić information content (AvgIpc) is 3.24. The van der Waals surface area contributed by atoms with Gasteiger partial charge in [0.1, 0.15) is 0 Å². The molecule has 2 unspecified atom stereocenters. The molecule has 2 heterocycles. The summed E-state index contributed by atoms with van der Waals surface area (Å²) in [5.74, 6) is 0.119. The van der Waals surface area contributed by atoms with Crippen molar-refractivity contribution in [2.24, 2.45) is 16.7 Å². The molecular weight excluding hydrogens is 548 g/mol. The predicted octanol–water partition coefficient (Wildman–Crippen LogP) is 7.17. The summed E-state index contributed by atoms with van der Waals surface area (Å²) >= 11 is 0. The summed E-state index contributed by atoms with van der Waals surface area (Å²) in [6.45, 7) is 13.7. The summed E-state index contributed by atoms with van der Waals surface area (Å²) < 4.78 is 13.6. The maximum absolute atomic E-state index is 11.5. The monoisotopic (exact) mass is 596 g/mol. The van der Waals surface area contributed by atoms with Gasteiger partial charge in [0.15, 0.2) is 6.29 Å². The second kappa shape index (κ2) is 12.4. The maximum Gasteiger partial charge on any atom is 0.217 e. The number of rotatable bonds is 8. The number of ether oxygens (including phenoxy) is 2. The van der Waals surface area contributed by atoms with Crippen molar-refractivity contribution in [1.82, 2.24) is 10.2 Å². The minimum Gasteiger partial charge on any atom is -0.392 e. The highest BCUT2D eigenvalue weighted by molar-refractivity contribution is 5.74. The summed E-state index contributed by atoms with van der Waals surface area (Å²) in [7, 11) is 0. The van der Waals surface area contributed by atoms with Crippen LogP contribution in [0.4, 0.5) is 0 Å². The van der Waals surface area contributed by atoms with E-state index in [1.54, 1.807) is 6.92 Å². The molecule has 0 spiro atoms. The largest absolute Gasteiger partial charge is 0.392 e. The Morgan fingerprint density at radius 1 is 0.955 bits per heavy atom. The highest BCUT2D eigenvalue weighted by Crippen LogP contribution is 2.53. The number of aliphatic hydroxyl groups is 1. The molecule has 2 aliphatic heterocycles. The van der Waals surface area contributed by atoms with E-state index in [2.05, 4.69) is 86.4 Å². The van der Waals surface area contributed by atoms with E-state index in [4.69, 9.17) is 9.47 Å². The SMILES string of the molecule is CC(=O)NCc1ccccc1-c1ccc([C@H]2O[C@@H](CN3CC4(C)CC3CC(C)(C)C4)[C@@H](C)[C@@H](c3ccc(CO)cc3)O2)cc1. The minimum atomic E-state index is -0.489. The third-order valence-electron chi connectivity index (χ3n) is 10.1. The van der Waals surface area contributed by atoms with Crippen LogP contribution in [-0.4, -0.2) is 41.1 Å². The van der Waals surface area contributed by atoms with Gasteiger partial charge < -0.3 is 19.9 Å². The summed E-state index contributed by atoms with van der Waals surface area (Å²) in [6.07, 6.45) is 3.19. The van der Waals surface area contributed by atoms with Gasteiger partial charge in [-0.25, -0.2) is 0 Å². The van der Waals surface area contributed by atoms with Gasteiger partial charge in [-0.15, -0.1) is 0 Å². The van der Waals surface area contributed by atoms with Crippen LogP contribution >= 0.6 is 0 Å². The number of hydrogen-bond donors (Lipinski definition) is 2. The van der Waals surface area contributed by atoms with Crippen molar-refractivity contribution < 1.29 is 19.4 Å². The second-order valence-electron chi connectivity index (χ2n) is 14.7. The van der Waals surface area contributed by atoms with Gasteiger partial charge in [0, 0.05) is 44.1 Å². The first-order chi connectivity index (χ1) is 21.0. The number of likely N-dealkylation sites (tertiary alicyclic amines) is 1. The van der Waals surface area contributed by atoms with Gasteiger partial charge in [-0.1, -0.05) is 100 Å². The molecule has 44 heavy (non-hydrogen) atoms. The molecule has 6 nitrogen and oxygen atoms in total. The lowest BCUT2D eigenvalue weighted by Gasteiger charge is -2.43. The minimum absolute atomic E-state index is 0.0142. The van der Waals surface area contributed by atoms with Crippen molar-refractivity contribution in [3.05, 3.63) is 95.1 Å². The highest BCUT2D eigenvalue weighted by atomic mass is 16.7. The summed E-state index contributed by atoms with van der Waals surface area (Å²) in [5, 5.41) is 12.5. The van der Waals surface area contributed by atoms with Crippen LogP contribution in [0.25, 0.3) is 11.1 Å². The van der Waals surface area contributed by atoms with Crippen LogP contribution in [0.3, 0.4) is 0 Å². The molecule has 3 aromatic rings. The van der Waals surface area contributed by atoms with Crippen LogP contribution in [0.1, 0.15) is 88.5 Å². The summed E-state index contributed by atoms with van der Waals surface area (Å²) in [4.78, 5) is 14.3. The lowest BCUT2D eigenvalue weighted by molar-refractivity contribution is -0.276. The molecule has 234 valence electrons. The Morgan fingerprint density at radius 3 is 2.36 bits per heavy atom. The molecule has 2 N–H and O–H groups in total. The van der Waals surface area contributed by atoms with Crippen LogP contribution in [0.5, 0.6) is 0 Å². The number of benzene rings is 3. The van der Waals surface area contributed by atoms with Crippen LogP contribution < -0.4 is 5.32 Å². The van der Waals surface area contributed by atoms with Crippen LogP contribution in [0, 0.1) is 16.7 Å². The predicted molar refractivity (Wildman–Crippen MR) is 173 cm³/mol. The van der Waals surface area contributed by atoms with E-state index in [-0.39, 0.29) is 30.6 Å². The van der Waals surface area contributed by atoms with Gasteiger partial charge in [0.05, 0.1) is 18.8 Å². The van der Waals surface area contributed by atoms with Crippen molar-refractivity contribution >= 4 is 5.91 Å². The Labute approximate surface area is 262 Å². The maximum atomic E-state index is 11.5. The first kappa shape index (κ1) is 31.0. The molecule has 3 fully saturated rings. The van der Waals surface area contributed by atoms with Crippen molar-refractivity contribution in [2.45, 2.75) is 91.6 Å². The van der Waals surface area contributed by atoms with Crippen molar-refractivity contribution in [3.63, 3.8) is 0 Å². The Hall–Kier alpha value is -3.03. The van der Waals surface area contributed by atoms with Crippen LogP contribution in [0.2, 0.25) is 0 Å². The van der Waals surface area contributed by atoms with E-state index in [0.717, 1.165) is 46.5 Å². The van der Waals surface area contributed by atoms with Crippen LogP contribution in [0.15, 0.2) is 72.8 Å². The first-order valence-electron chi connectivity index (χ1n) is 16.2. The Balaban J connectivity index is 1.26. The third-order valence-corrected chi connectivity index (χ3v) is 10.1. The van der Waals surface area contributed by atoms with Gasteiger partial charge in [-0.05, 0) is 57.9 Å². The van der Waals surface area contributed by atoms with Crippen LogP contribution in [-0.2, 0) is 27.4 Å². The van der Waals surface area contributed by atoms with Gasteiger partial charge >= 0.3 is 0 Å². The smallest absolute Gasteiger partial charge is 0.217 e. The fourth-order valence-electron chi connectivity index (χ4n) is 8.35. The molecule has 6 atom stereocenters. The molecule has 3 aliphatic rings. The number of aliphatic hydroxyl groups excluding tert-OH is 1. The molecule has 2 bridgehead atoms. The lowest BCUT2D eigenvalue weighted by atomic mass is 9.65. The Morgan fingerprint density at radius 2 is 1.66 bits per heavy atom. The van der Waals surface area contributed by atoms with E-state index in [9.17, 15) is 9.90 Å². The number of carbonyl (C=O) groups excluding carboxylic acids is 1. The van der Waals surface area contributed by atoms with Gasteiger partial charge in [0.2, 0.25) is 5.91 Å². The standard InChI is InChI=1S/C38H48N2O4/c1-25-34(21-40-24-38(5)19-32(40)18-37(3,4)23-38)43-36(44-35(25)29-12-10-27(22-41)11-13-29)30-16-14-28(15-17-30)33-9-7-6-8-31(33)20-39-26(2)42/h6-17,25,32,34-36,41H,18-24H2,1-5H3,(H,39,42)/t25-,32?,34+,35+,36+,38?/m1/s1. The number of nitrogens with zero attached hydrogens (tertiary/aromatic N) is 1. The first-order valence-corrected chi connectivity index (χ1v) is 16.2. The molecule has 1 amide bonds. The molecule has 3 aromatic carbocycles. The molecule has 2 saturated heterocycles. The number of carbonyl (C=O) groups is 1. The lowest BCUT2D eigenvalue weighted by Crippen LogP contribution is -2.46. The Bertz CT molecular complexity index is 1450. The molecule has 6 rings (SSSR count). The van der Waals surface area contributed by atoms with Crippen molar-refractivity contribution in [1.29, 1.82) is 0 Å². The van der Waals surface area contributed by atoms with E-state index in [1.807, 2.05) is 24.3 Å². The van der Waals surface area contributed by atoms with E-state index >= 15 is 0 Å². The molecule has 1 saturated carbocycles. The third kappa shape index (κ3) is 6.64. The van der Waals surface area contributed by atoms with E-state index < -0.39 is 6.29 Å². The Kier molecular flexibility index (Phi) is 8.73. The second-order valence-corrected chi connectivity index (χ2v) is 14.7. The number of amides is 1. The number of hydrogen-bond acceptors (Lipinski definition) is 5. The molecular formula is C38H48N2O4. The fourth-order valence-corrected chi connectivity index (χ4v) is 8.35. The average molecular weight is 597 g/mol. The zero-order chi connectivity index (χ0) is 31.1. The normalized spacial score (nSPS) is 29.8. The van der Waals surface area contributed by atoms with Gasteiger partial charge in [-0.3, -0.25) is 9.69 Å². The molecule has 0 radical (unpaired) electrons.